The number of para-hydroxylation sites is 1. The van der Waals surface area contributed by atoms with Crippen molar-refractivity contribution in [2.45, 2.75) is 25.9 Å². The second-order valence-electron chi connectivity index (χ2n) is 4.58. The molecule has 2 rings (SSSR count). The van der Waals surface area contributed by atoms with Crippen LogP contribution in [-0.4, -0.2) is 13.1 Å². The predicted octanol–water partition coefficient (Wildman–Crippen LogP) is 3.27. The first-order valence-electron chi connectivity index (χ1n) is 6.25. The van der Waals surface area contributed by atoms with E-state index in [-0.39, 0.29) is 0 Å². The van der Waals surface area contributed by atoms with Crippen LogP contribution in [0.1, 0.15) is 17.4 Å². The third-order valence-corrected chi connectivity index (χ3v) is 4.23. The van der Waals surface area contributed by atoms with Crippen molar-refractivity contribution < 1.29 is 0 Å². The number of benzene rings is 1. The van der Waals surface area contributed by atoms with Gasteiger partial charge in [-0.15, -0.1) is 11.3 Å². The molecule has 1 atom stereocenters. The number of rotatable bonds is 5. The second-order valence-corrected chi connectivity index (χ2v) is 5.61. The number of nitrogens with two attached hydrogens (primary N) is 1. The van der Waals surface area contributed by atoms with Gasteiger partial charge in [0.1, 0.15) is 0 Å². The summed E-state index contributed by atoms with van der Waals surface area (Å²) in [5.41, 5.74) is 8.25. The Hall–Kier alpha value is -1.32. The van der Waals surface area contributed by atoms with Gasteiger partial charge in [0, 0.05) is 36.6 Å². The Morgan fingerprint density at radius 1 is 1.22 bits per heavy atom. The van der Waals surface area contributed by atoms with Crippen molar-refractivity contribution in [3.8, 4) is 0 Å². The van der Waals surface area contributed by atoms with Gasteiger partial charge in [0.25, 0.3) is 0 Å². The zero-order chi connectivity index (χ0) is 13.0. The smallest absolute Gasteiger partial charge is 0.0411 e. The maximum Gasteiger partial charge on any atom is 0.0411 e. The molecular weight excluding hydrogens is 240 g/mol. The third kappa shape index (κ3) is 2.92. The minimum absolute atomic E-state index is 0.469. The fraction of sp³-hybridized carbons (Fsp3) is 0.333. The van der Waals surface area contributed by atoms with Crippen LogP contribution in [0.15, 0.2) is 41.8 Å². The number of likely N-dealkylation sites (N-methyl/N-ethyl adjacent to an activating group) is 1. The summed E-state index contributed by atoms with van der Waals surface area (Å²) in [5.74, 6) is 0. The van der Waals surface area contributed by atoms with Crippen molar-refractivity contribution in [1.82, 2.24) is 0 Å². The molecule has 18 heavy (non-hydrogen) atoms. The first kappa shape index (κ1) is 13.1. The van der Waals surface area contributed by atoms with E-state index in [1.54, 1.807) is 0 Å². The lowest BCUT2D eigenvalue weighted by atomic mass is 10.1. The zero-order valence-corrected chi connectivity index (χ0v) is 11.8. The summed E-state index contributed by atoms with van der Waals surface area (Å²) in [5, 5.41) is 2.13. The molecule has 0 saturated carbocycles. The number of hydrogen-bond donors (Lipinski definition) is 1. The average molecular weight is 260 g/mol. The van der Waals surface area contributed by atoms with Gasteiger partial charge in [-0.2, -0.15) is 0 Å². The van der Waals surface area contributed by atoms with Gasteiger partial charge in [-0.05, 0) is 30.0 Å². The van der Waals surface area contributed by atoms with Crippen molar-refractivity contribution in [2.24, 2.45) is 5.73 Å². The van der Waals surface area contributed by atoms with Crippen LogP contribution in [0.25, 0.3) is 0 Å². The van der Waals surface area contributed by atoms with Crippen LogP contribution < -0.4 is 10.6 Å². The van der Waals surface area contributed by atoms with Crippen LogP contribution in [0, 0.1) is 0 Å². The van der Waals surface area contributed by atoms with Gasteiger partial charge in [-0.3, -0.25) is 0 Å². The minimum Gasteiger partial charge on any atom is -0.371 e. The molecule has 1 aromatic heterocycles. The Morgan fingerprint density at radius 2 is 2.00 bits per heavy atom. The highest BCUT2D eigenvalue weighted by Crippen LogP contribution is 2.23. The van der Waals surface area contributed by atoms with Gasteiger partial charge in [-0.25, -0.2) is 0 Å². The summed E-state index contributed by atoms with van der Waals surface area (Å²) in [4.78, 5) is 3.75. The molecule has 0 fully saturated rings. The molecule has 3 heteroatoms. The standard InChI is InChI=1S/C15H20N2S/c1-12(10-14-7-5-9-18-14)17(2)15-8-4-3-6-13(15)11-16/h3-9,12H,10-11,16H2,1-2H3. The Morgan fingerprint density at radius 3 is 2.67 bits per heavy atom. The molecule has 0 aliphatic heterocycles. The van der Waals surface area contributed by atoms with Crippen molar-refractivity contribution in [1.29, 1.82) is 0 Å². The van der Waals surface area contributed by atoms with Crippen LogP contribution in [-0.2, 0) is 13.0 Å². The second kappa shape index (κ2) is 6.03. The molecule has 2 aromatic rings. The van der Waals surface area contributed by atoms with Crippen LogP contribution >= 0.6 is 11.3 Å². The monoisotopic (exact) mass is 260 g/mol. The van der Waals surface area contributed by atoms with Gasteiger partial charge in [0.05, 0.1) is 0 Å². The zero-order valence-electron chi connectivity index (χ0n) is 11.0. The van der Waals surface area contributed by atoms with Crippen LogP contribution in [0.5, 0.6) is 0 Å². The SMILES string of the molecule is CC(Cc1cccs1)N(C)c1ccccc1CN. The number of thiophene rings is 1. The van der Waals surface area contributed by atoms with Gasteiger partial charge < -0.3 is 10.6 Å². The molecule has 0 spiro atoms. The summed E-state index contributed by atoms with van der Waals surface area (Å²) >= 11 is 1.82. The van der Waals surface area contributed by atoms with E-state index in [1.165, 1.54) is 16.1 Å². The molecule has 0 radical (unpaired) electrons. The van der Waals surface area contributed by atoms with E-state index in [0.717, 1.165) is 6.42 Å². The Bertz CT molecular complexity index is 479. The minimum atomic E-state index is 0.469. The number of anilines is 1. The van der Waals surface area contributed by atoms with Gasteiger partial charge in [-0.1, -0.05) is 24.3 Å². The maximum absolute atomic E-state index is 5.80. The molecule has 1 unspecified atom stereocenters. The molecule has 0 amide bonds. The van der Waals surface area contributed by atoms with Crippen molar-refractivity contribution in [2.75, 3.05) is 11.9 Å². The highest BCUT2D eigenvalue weighted by atomic mass is 32.1. The largest absolute Gasteiger partial charge is 0.371 e. The summed E-state index contributed by atoms with van der Waals surface area (Å²) in [6, 6.07) is 13.1. The lowest BCUT2D eigenvalue weighted by Crippen LogP contribution is -2.31. The van der Waals surface area contributed by atoms with Crippen molar-refractivity contribution in [3.63, 3.8) is 0 Å². The lowest BCUT2D eigenvalue weighted by molar-refractivity contribution is 0.685. The fourth-order valence-corrected chi connectivity index (χ4v) is 2.95. The van der Waals surface area contributed by atoms with E-state index < -0.39 is 0 Å². The van der Waals surface area contributed by atoms with E-state index in [2.05, 4.69) is 54.6 Å². The summed E-state index contributed by atoms with van der Waals surface area (Å²) in [7, 11) is 2.15. The summed E-state index contributed by atoms with van der Waals surface area (Å²) < 4.78 is 0. The topological polar surface area (TPSA) is 29.3 Å². The summed E-state index contributed by atoms with van der Waals surface area (Å²) in [6.45, 7) is 2.85. The third-order valence-electron chi connectivity index (χ3n) is 3.33. The van der Waals surface area contributed by atoms with Crippen molar-refractivity contribution >= 4 is 17.0 Å². The molecule has 2 nitrogen and oxygen atoms in total. The predicted molar refractivity (Wildman–Crippen MR) is 80.2 cm³/mol. The van der Waals surface area contributed by atoms with E-state index in [0.29, 0.717) is 12.6 Å². The molecule has 96 valence electrons. The van der Waals surface area contributed by atoms with Gasteiger partial charge >= 0.3 is 0 Å². The molecule has 0 bridgehead atoms. The molecule has 2 N–H and O–H groups in total. The fourth-order valence-electron chi connectivity index (χ4n) is 2.12. The molecule has 0 aliphatic carbocycles. The van der Waals surface area contributed by atoms with E-state index in [1.807, 2.05) is 17.4 Å². The molecule has 0 saturated heterocycles. The van der Waals surface area contributed by atoms with Crippen LogP contribution in [0.3, 0.4) is 0 Å². The van der Waals surface area contributed by atoms with Gasteiger partial charge in [0.15, 0.2) is 0 Å². The maximum atomic E-state index is 5.80. The normalized spacial score (nSPS) is 12.4. The Kier molecular flexibility index (Phi) is 4.39. The van der Waals surface area contributed by atoms with Crippen LogP contribution in [0.2, 0.25) is 0 Å². The first-order chi connectivity index (χ1) is 8.72. The highest BCUT2D eigenvalue weighted by Gasteiger charge is 2.13. The first-order valence-corrected chi connectivity index (χ1v) is 7.13. The lowest BCUT2D eigenvalue weighted by Gasteiger charge is -2.28. The Labute approximate surface area is 113 Å². The Balaban J connectivity index is 2.12. The highest BCUT2D eigenvalue weighted by molar-refractivity contribution is 7.09. The molecule has 0 aliphatic rings. The quantitative estimate of drug-likeness (QED) is 0.894. The summed E-state index contributed by atoms with van der Waals surface area (Å²) in [6.07, 6.45) is 1.08. The van der Waals surface area contributed by atoms with E-state index >= 15 is 0 Å². The average Bonchev–Trinajstić information content (AvgIpc) is 2.90. The van der Waals surface area contributed by atoms with Gasteiger partial charge in [0.2, 0.25) is 0 Å². The number of nitrogens with zero attached hydrogens (tertiary/aromatic N) is 1. The molecule has 1 aromatic carbocycles. The molecule has 1 heterocycles. The van der Waals surface area contributed by atoms with Crippen LogP contribution in [0.4, 0.5) is 5.69 Å². The number of hydrogen-bond acceptors (Lipinski definition) is 3. The van der Waals surface area contributed by atoms with E-state index in [9.17, 15) is 0 Å². The van der Waals surface area contributed by atoms with Crippen molar-refractivity contribution in [3.05, 3.63) is 52.2 Å². The van der Waals surface area contributed by atoms with E-state index in [4.69, 9.17) is 5.73 Å². The molecular formula is C15H20N2S.